The van der Waals surface area contributed by atoms with Gasteiger partial charge in [0.25, 0.3) is 0 Å². The number of rotatable bonds is 6. The summed E-state index contributed by atoms with van der Waals surface area (Å²) in [5.41, 5.74) is 13.4. The third-order valence-electron chi connectivity index (χ3n) is 4.68. The van der Waals surface area contributed by atoms with E-state index in [0.29, 0.717) is 11.7 Å². The lowest BCUT2D eigenvalue weighted by molar-refractivity contribution is 0.388. The van der Waals surface area contributed by atoms with E-state index >= 15 is 0 Å². The van der Waals surface area contributed by atoms with Gasteiger partial charge in [0.15, 0.2) is 5.13 Å². The fourth-order valence-electron chi connectivity index (χ4n) is 3.13. The lowest BCUT2D eigenvalue weighted by Crippen LogP contribution is -2.35. The number of hydrogen-bond donors (Lipinski definition) is 2. The van der Waals surface area contributed by atoms with Crippen LogP contribution in [0, 0.1) is 26.6 Å². The molecule has 0 atom stereocenters. The number of nitrogens with zero attached hydrogens (tertiary/aromatic N) is 2. The molecule has 0 unspecified atom stereocenters. The topological polar surface area (TPSA) is 40.2 Å². The van der Waals surface area contributed by atoms with Crippen molar-refractivity contribution >= 4 is 32.4 Å². The zero-order chi connectivity index (χ0) is 20.4. The molecule has 0 bridgehead atoms. The second-order valence-electron chi connectivity index (χ2n) is 7.24. The van der Waals surface area contributed by atoms with Crippen LogP contribution in [0.1, 0.15) is 22.3 Å². The quantitative estimate of drug-likeness (QED) is 0.373. The van der Waals surface area contributed by atoms with Crippen molar-refractivity contribution in [2.45, 2.75) is 27.3 Å². The van der Waals surface area contributed by atoms with Crippen molar-refractivity contribution in [2.24, 2.45) is 0 Å². The van der Waals surface area contributed by atoms with E-state index in [0.717, 1.165) is 27.0 Å². The molecule has 6 heteroatoms. The molecule has 0 aliphatic rings. The first kappa shape index (κ1) is 19.4. The number of hydrazine groups is 2. The van der Waals surface area contributed by atoms with E-state index in [4.69, 9.17) is 0 Å². The Labute approximate surface area is 174 Å². The lowest BCUT2D eigenvalue weighted by atomic mass is 10.1. The molecule has 29 heavy (non-hydrogen) atoms. The molecule has 4 rings (SSSR count). The summed E-state index contributed by atoms with van der Waals surface area (Å²) in [5, 5.41) is 2.62. The van der Waals surface area contributed by atoms with Crippen LogP contribution in [0.15, 0.2) is 60.7 Å². The summed E-state index contributed by atoms with van der Waals surface area (Å²) < 4.78 is 14.3. The predicted molar refractivity (Wildman–Crippen MR) is 119 cm³/mol. The molecule has 0 saturated heterocycles. The Bertz CT molecular complexity index is 1140. The zero-order valence-corrected chi connectivity index (χ0v) is 17.5. The van der Waals surface area contributed by atoms with E-state index in [9.17, 15) is 4.39 Å². The van der Waals surface area contributed by atoms with E-state index in [2.05, 4.69) is 79.1 Å². The standard InChI is InChI=1S/C23H23FN4S/c1-15-4-7-18(8-5-15)14-28(26-20-10-6-16(2)12-17(20)3)27-23-25-21-11-9-19(24)13-22(21)29-23/h4-13,26H,14H2,1-3H3,(H,25,27). The van der Waals surface area contributed by atoms with Crippen molar-refractivity contribution in [2.75, 3.05) is 10.9 Å². The van der Waals surface area contributed by atoms with Gasteiger partial charge in [-0.15, -0.1) is 5.12 Å². The first-order valence-corrected chi connectivity index (χ1v) is 10.3. The highest BCUT2D eigenvalue weighted by Gasteiger charge is 2.12. The summed E-state index contributed by atoms with van der Waals surface area (Å²) >= 11 is 1.43. The van der Waals surface area contributed by atoms with E-state index in [1.165, 1.54) is 34.6 Å². The average Bonchev–Trinajstić information content (AvgIpc) is 3.07. The highest BCUT2D eigenvalue weighted by molar-refractivity contribution is 7.22. The summed E-state index contributed by atoms with van der Waals surface area (Å²) in [4.78, 5) is 4.59. The van der Waals surface area contributed by atoms with Crippen LogP contribution in [0.3, 0.4) is 0 Å². The number of halogens is 1. The maximum absolute atomic E-state index is 13.5. The number of aryl methyl sites for hydroxylation is 3. The fraction of sp³-hybridized carbons (Fsp3) is 0.174. The molecule has 2 N–H and O–H groups in total. The van der Waals surface area contributed by atoms with Gasteiger partial charge >= 0.3 is 0 Å². The third kappa shape index (κ3) is 4.72. The second-order valence-corrected chi connectivity index (χ2v) is 8.28. The van der Waals surface area contributed by atoms with Crippen LogP contribution in [0.2, 0.25) is 0 Å². The molecule has 3 aromatic carbocycles. The molecule has 148 valence electrons. The minimum absolute atomic E-state index is 0.252. The molecule has 0 spiro atoms. The number of benzene rings is 3. The van der Waals surface area contributed by atoms with Gasteiger partial charge in [0.2, 0.25) is 0 Å². The van der Waals surface area contributed by atoms with E-state index < -0.39 is 0 Å². The van der Waals surface area contributed by atoms with Crippen molar-refractivity contribution < 1.29 is 4.39 Å². The van der Waals surface area contributed by atoms with Crippen molar-refractivity contribution in [1.29, 1.82) is 0 Å². The van der Waals surface area contributed by atoms with Crippen molar-refractivity contribution in [3.05, 3.63) is 88.7 Å². The molecule has 0 aliphatic heterocycles. The molecule has 0 amide bonds. The van der Waals surface area contributed by atoms with Gasteiger partial charge in [0.05, 0.1) is 22.4 Å². The third-order valence-corrected chi connectivity index (χ3v) is 5.60. The molecule has 1 heterocycles. The fourth-order valence-corrected chi connectivity index (χ4v) is 4.03. The summed E-state index contributed by atoms with van der Waals surface area (Å²) in [6, 6.07) is 19.4. The highest BCUT2D eigenvalue weighted by Crippen LogP contribution is 2.27. The zero-order valence-electron chi connectivity index (χ0n) is 16.7. The summed E-state index contributed by atoms with van der Waals surface area (Å²) in [7, 11) is 0. The van der Waals surface area contributed by atoms with Crippen LogP contribution in [0.4, 0.5) is 15.2 Å². The average molecular weight is 407 g/mol. The van der Waals surface area contributed by atoms with Crippen LogP contribution < -0.4 is 10.9 Å². The molecular weight excluding hydrogens is 383 g/mol. The molecule has 1 aromatic heterocycles. The number of nitrogens with one attached hydrogen (secondary N) is 2. The molecule has 0 aliphatic carbocycles. The smallest absolute Gasteiger partial charge is 0.199 e. The van der Waals surface area contributed by atoms with Crippen LogP contribution in [0.25, 0.3) is 10.2 Å². The number of aromatic nitrogens is 1. The molecule has 0 fully saturated rings. The number of hydrogen-bond acceptors (Lipinski definition) is 5. The highest BCUT2D eigenvalue weighted by atomic mass is 32.1. The maximum Gasteiger partial charge on any atom is 0.199 e. The van der Waals surface area contributed by atoms with Gasteiger partial charge in [-0.2, -0.15) is 0 Å². The minimum Gasteiger partial charge on any atom is -0.301 e. The van der Waals surface area contributed by atoms with Gasteiger partial charge in [0.1, 0.15) is 5.82 Å². The Morgan fingerprint density at radius 3 is 2.41 bits per heavy atom. The number of anilines is 2. The normalized spacial score (nSPS) is 11.2. The van der Waals surface area contributed by atoms with Gasteiger partial charge in [-0.3, -0.25) is 5.43 Å². The Hall–Kier alpha value is -2.96. The second kappa shape index (κ2) is 8.19. The van der Waals surface area contributed by atoms with E-state index in [-0.39, 0.29) is 5.82 Å². The Kier molecular flexibility index (Phi) is 5.47. The van der Waals surface area contributed by atoms with E-state index in [1.54, 1.807) is 6.07 Å². The summed E-state index contributed by atoms with van der Waals surface area (Å²) in [6.07, 6.45) is 0. The van der Waals surface area contributed by atoms with Gasteiger partial charge < -0.3 is 5.43 Å². The Balaban J connectivity index is 1.61. The lowest BCUT2D eigenvalue weighted by Gasteiger charge is -2.25. The van der Waals surface area contributed by atoms with Gasteiger partial charge in [-0.25, -0.2) is 9.37 Å². The monoisotopic (exact) mass is 406 g/mol. The van der Waals surface area contributed by atoms with E-state index in [1.807, 2.05) is 5.12 Å². The number of thiazole rings is 1. The van der Waals surface area contributed by atoms with Crippen LogP contribution >= 0.6 is 11.3 Å². The first-order chi connectivity index (χ1) is 14.0. The van der Waals surface area contributed by atoms with Crippen LogP contribution in [-0.2, 0) is 6.54 Å². The minimum atomic E-state index is -0.252. The van der Waals surface area contributed by atoms with Crippen LogP contribution in [-0.4, -0.2) is 10.1 Å². The summed E-state index contributed by atoms with van der Waals surface area (Å²) in [5.74, 6) is -0.252. The largest absolute Gasteiger partial charge is 0.301 e. The molecular formula is C23H23FN4S. The molecule has 4 nitrogen and oxygen atoms in total. The van der Waals surface area contributed by atoms with Gasteiger partial charge in [0, 0.05) is 0 Å². The van der Waals surface area contributed by atoms with Crippen LogP contribution in [0.5, 0.6) is 0 Å². The van der Waals surface area contributed by atoms with Crippen molar-refractivity contribution in [3.63, 3.8) is 0 Å². The van der Waals surface area contributed by atoms with Gasteiger partial charge in [-0.05, 0) is 56.2 Å². The van der Waals surface area contributed by atoms with Crippen molar-refractivity contribution in [3.8, 4) is 0 Å². The Morgan fingerprint density at radius 2 is 1.66 bits per heavy atom. The summed E-state index contributed by atoms with van der Waals surface area (Å²) in [6.45, 7) is 6.87. The van der Waals surface area contributed by atoms with Gasteiger partial charge in [-0.1, -0.05) is 58.9 Å². The first-order valence-electron chi connectivity index (χ1n) is 9.46. The predicted octanol–water partition coefficient (Wildman–Crippen LogP) is 6.22. The number of fused-ring (bicyclic) bond motifs is 1. The Morgan fingerprint density at radius 1 is 0.897 bits per heavy atom. The van der Waals surface area contributed by atoms with Crippen molar-refractivity contribution in [1.82, 2.24) is 10.1 Å². The molecule has 0 saturated carbocycles. The SMILES string of the molecule is Cc1ccc(CN(Nc2nc3ccc(F)cc3s2)Nc2ccc(C)cc2C)cc1. The molecule has 0 radical (unpaired) electrons. The maximum atomic E-state index is 13.5. The molecule has 4 aromatic rings.